The molecule has 5 rings (SSSR count). The van der Waals surface area contributed by atoms with Crippen molar-refractivity contribution in [1.29, 1.82) is 0 Å². The Morgan fingerprint density at radius 1 is 0.875 bits per heavy atom. The molecule has 2 heterocycles. The number of nitrogens with zero attached hydrogens (tertiary/aromatic N) is 2. The third kappa shape index (κ3) is 5.63. The predicted molar refractivity (Wildman–Crippen MR) is 167 cm³/mol. The van der Waals surface area contributed by atoms with Gasteiger partial charge in [0, 0.05) is 24.5 Å². The second-order valence-electron chi connectivity index (χ2n) is 13.8. The highest BCUT2D eigenvalue weighted by Crippen LogP contribution is 2.39. The van der Waals surface area contributed by atoms with Gasteiger partial charge in [0.15, 0.2) is 0 Å². The lowest BCUT2D eigenvalue weighted by Gasteiger charge is -2.43. The average molecular weight is 559 g/mol. The van der Waals surface area contributed by atoms with Gasteiger partial charge < -0.3 is 13.7 Å². The van der Waals surface area contributed by atoms with Gasteiger partial charge in [0.1, 0.15) is 0 Å². The largest absolute Gasteiger partial charge is 0.498 e. The van der Waals surface area contributed by atoms with E-state index >= 15 is 0 Å². The first-order valence-corrected chi connectivity index (χ1v) is 17.0. The molecule has 0 N–H and O–H groups in total. The number of hydrogen-bond donors (Lipinski definition) is 0. The number of rotatable bonds is 8. The number of benzene rings is 2. The summed E-state index contributed by atoms with van der Waals surface area (Å²) in [4.78, 5) is 0. The van der Waals surface area contributed by atoms with Gasteiger partial charge in [-0.2, -0.15) is 5.10 Å². The Bertz CT molecular complexity index is 1190. The molecular formula is C33H47BN2O3Si. The summed E-state index contributed by atoms with van der Waals surface area (Å²) in [5.41, 5.74) is 0.336. The van der Waals surface area contributed by atoms with Crippen LogP contribution in [-0.2, 0) is 13.7 Å². The van der Waals surface area contributed by atoms with Crippen molar-refractivity contribution >= 4 is 31.3 Å². The van der Waals surface area contributed by atoms with Crippen molar-refractivity contribution in [2.24, 2.45) is 5.92 Å². The van der Waals surface area contributed by atoms with Crippen LogP contribution < -0.4 is 15.8 Å². The fraction of sp³-hybridized carbons (Fsp3) is 0.545. The molecule has 0 spiro atoms. The van der Waals surface area contributed by atoms with Crippen LogP contribution in [0.4, 0.5) is 0 Å². The highest BCUT2D eigenvalue weighted by atomic mass is 28.4. The van der Waals surface area contributed by atoms with E-state index in [4.69, 9.17) is 18.8 Å². The van der Waals surface area contributed by atoms with E-state index in [1.807, 2.05) is 6.20 Å². The van der Waals surface area contributed by atoms with Crippen molar-refractivity contribution in [2.75, 3.05) is 6.61 Å². The van der Waals surface area contributed by atoms with Gasteiger partial charge in [0.05, 0.1) is 17.2 Å². The molecule has 1 aromatic heterocycles. The zero-order chi connectivity index (χ0) is 28.6. The third-order valence-corrected chi connectivity index (χ3v) is 14.6. The maximum atomic E-state index is 7.17. The topological polar surface area (TPSA) is 45.5 Å². The zero-order valence-electron chi connectivity index (χ0n) is 25.5. The van der Waals surface area contributed by atoms with Crippen molar-refractivity contribution in [1.82, 2.24) is 9.78 Å². The minimum absolute atomic E-state index is 0.0162. The van der Waals surface area contributed by atoms with Crippen molar-refractivity contribution in [3.63, 3.8) is 0 Å². The van der Waals surface area contributed by atoms with Crippen molar-refractivity contribution in [2.45, 2.75) is 103 Å². The lowest BCUT2D eigenvalue weighted by molar-refractivity contribution is 0.00578. The first-order valence-electron chi connectivity index (χ1n) is 15.1. The fourth-order valence-electron chi connectivity index (χ4n) is 6.49. The monoisotopic (exact) mass is 558 g/mol. The maximum Gasteiger partial charge on any atom is 0.498 e. The highest BCUT2D eigenvalue weighted by Gasteiger charge is 2.52. The van der Waals surface area contributed by atoms with Gasteiger partial charge in [-0.05, 0) is 81.1 Å². The second kappa shape index (κ2) is 11.2. The van der Waals surface area contributed by atoms with Gasteiger partial charge in [-0.15, -0.1) is 0 Å². The smallest absolute Gasteiger partial charge is 0.407 e. The molecule has 1 aliphatic heterocycles. The molecule has 40 heavy (non-hydrogen) atoms. The third-order valence-electron chi connectivity index (χ3n) is 9.60. The summed E-state index contributed by atoms with van der Waals surface area (Å²) in [6.45, 7) is 16.2. The quantitative estimate of drug-likeness (QED) is 0.324. The van der Waals surface area contributed by atoms with Gasteiger partial charge in [0.25, 0.3) is 8.32 Å². The summed E-state index contributed by atoms with van der Waals surface area (Å²) in [6, 6.07) is 22.4. The fourth-order valence-corrected chi connectivity index (χ4v) is 11.1. The van der Waals surface area contributed by atoms with E-state index in [0.29, 0.717) is 12.0 Å². The molecule has 0 atom stereocenters. The van der Waals surface area contributed by atoms with Crippen LogP contribution in [0, 0.1) is 5.92 Å². The molecule has 2 fully saturated rings. The van der Waals surface area contributed by atoms with E-state index in [9.17, 15) is 0 Å². The first kappa shape index (κ1) is 29.3. The maximum absolute atomic E-state index is 7.17. The van der Waals surface area contributed by atoms with Crippen LogP contribution >= 0.6 is 0 Å². The molecule has 2 aromatic carbocycles. The Hall–Kier alpha value is -2.19. The molecule has 3 aromatic rings. The van der Waals surface area contributed by atoms with Crippen LogP contribution in [0.1, 0.15) is 86.6 Å². The first-order chi connectivity index (χ1) is 18.9. The molecule has 1 saturated carbocycles. The summed E-state index contributed by atoms with van der Waals surface area (Å²) >= 11 is 0. The summed E-state index contributed by atoms with van der Waals surface area (Å²) < 4.78 is 21.8. The van der Waals surface area contributed by atoms with Crippen molar-refractivity contribution in [3.05, 3.63) is 73.1 Å². The van der Waals surface area contributed by atoms with Gasteiger partial charge in [-0.25, -0.2) is 0 Å². The summed E-state index contributed by atoms with van der Waals surface area (Å²) in [5.74, 6) is 0.688. The highest BCUT2D eigenvalue weighted by molar-refractivity contribution is 6.99. The van der Waals surface area contributed by atoms with E-state index < -0.39 is 8.32 Å². The van der Waals surface area contributed by atoms with Crippen molar-refractivity contribution < 1.29 is 13.7 Å². The summed E-state index contributed by atoms with van der Waals surface area (Å²) in [5, 5.41) is 7.46. The van der Waals surface area contributed by atoms with Gasteiger partial charge >= 0.3 is 7.12 Å². The minimum Gasteiger partial charge on any atom is -0.407 e. The van der Waals surface area contributed by atoms with Crippen LogP contribution in [0.2, 0.25) is 5.04 Å². The zero-order valence-corrected chi connectivity index (χ0v) is 26.5. The summed E-state index contributed by atoms with van der Waals surface area (Å²) in [7, 11) is -2.82. The van der Waals surface area contributed by atoms with Gasteiger partial charge in [0.2, 0.25) is 0 Å². The van der Waals surface area contributed by atoms with Crippen molar-refractivity contribution in [3.8, 4) is 0 Å². The lowest BCUT2D eigenvalue weighted by atomic mass is 9.81. The van der Waals surface area contributed by atoms with E-state index in [1.165, 1.54) is 23.2 Å². The molecule has 214 valence electrons. The molecule has 0 bridgehead atoms. The Kier molecular flexibility index (Phi) is 8.24. The number of aromatic nitrogens is 2. The van der Waals surface area contributed by atoms with E-state index in [-0.39, 0.29) is 23.4 Å². The van der Waals surface area contributed by atoms with Gasteiger partial charge in [-0.3, -0.25) is 4.68 Å². The Balaban J connectivity index is 1.21. The number of hydrogen-bond acceptors (Lipinski definition) is 4. The molecule has 2 aliphatic rings. The molecular weight excluding hydrogens is 511 g/mol. The standard InChI is InChI=1S/C33H47BN2O3Si/c1-31(2,3)40(29-14-10-8-11-15-29,30-16-12-9-13-17-30)37-23-22-26-18-20-28(21-19-26)36-25-27(24-35-36)34-38-32(4,5)33(6,7)39-34/h8-17,24-26,28H,18-23H2,1-7H3/t26-,28-. The van der Waals surface area contributed by atoms with Crippen LogP contribution in [0.5, 0.6) is 0 Å². The average Bonchev–Trinajstić information content (AvgIpc) is 3.49. The normalized spacial score (nSPS) is 22.9. The molecule has 0 radical (unpaired) electrons. The summed E-state index contributed by atoms with van der Waals surface area (Å²) in [6.07, 6.45) is 9.88. The minimum atomic E-state index is -2.47. The molecule has 1 saturated heterocycles. The van der Waals surface area contributed by atoms with Gasteiger partial charge in [-0.1, -0.05) is 81.4 Å². The van der Waals surface area contributed by atoms with Crippen LogP contribution in [0.25, 0.3) is 0 Å². The van der Waals surface area contributed by atoms with E-state index in [1.54, 1.807) is 0 Å². The SMILES string of the molecule is CC1(C)OB(c2cnn([C@H]3CC[C@H](CCO[Si](c4ccccc4)(c4ccccc4)C(C)(C)C)CC3)c2)OC1(C)C. The lowest BCUT2D eigenvalue weighted by Crippen LogP contribution is -2.66. The second-order valence-corrected chi connectivity index (χ2v) is 18.1. The van der Waals surface area contributed by atoms with Crippen LogP contribution in [-0.4, -0.2) is 43.0 Å². The molecule has 1 aliphatic carbocycles. The van der Waals surface area contributed by atoms with E-state index in [2.05, 4.69) is 120 Å². The molecule has 5 nitrogen and oxygen atoms in total. The molecule has 0 amide bonds. The Labute approximate surface area is 242 Å². The Morgan fingerprint density at radius 2 is 1.40 bits per heavy atom. The Morgan fingerprint density at radius 3 is 1.90 bits per heavy atom. The molecule has 7 heteroatoms. The van der Waals surface area contributed by atoms with Crippen LogP contribution in [0.3, 0.4) is 0 Å². The predicted octanol–water partition coefficient (Wildman–Crippen LogP) is 5.88. The van der Waals surface area contributed by atoms with E-state index in [0.717, 1.165) is 31.3 Å². The van der Waals surface area contributed by atoms with Crippen LogP contribution in [0.15, 0.2) is 73.1 Å². The molecule has 0 unspecified atom stereocenters.